The van der Waals surface area contributed by atoms with Crippen molar-refractivity contribution in [2.75, 3.05) is 6.61 Å². The van der Waals surface area contributed by atoms with Gasteiger partial charge in [0.25, 0.3) is 0 Å². The summed E-state index contributed by atoms with van der Waals surface area (Å²) in [5.74, 6) is -1.04. The van der Waals surface area contributed by atoms with Crippen LogP contribution < -0.4 is 5.32 Å². The molecule has 0 saturated carbocycles. The Kier molecular flexibility index (Phi) is 7.29. The first-order chi connectivity index (χ1) is 17.8. The minimum absolute atomic E-state index is 0.0615. The fraction of sp³-hybridized carbons (Fsp3) is 0.375. The molecule has 4 rings (SSSR count). The van der Waals surface area contributed by atoms with Crippen LogP contribution in [0.25, 0.3) is 11.1 Å². The van der Waals surface area contributed by atoms with Gasteiger partial charge in [-0.1, -0.05) is 102 Å². The van der Waals surface area contributed by atoms with E-state index in [9.17, 15) is 19.8 Å². The van der Waals surface area contributed by atoms with Crippen molar-refractivity contribution in [1.29, 1.82) is 0 Å². The summed E-state index contributed by atoms with van der Waals surface area (Å²) in [5.41, 5.74) is 5.93. The van der Waals surface area contributed by atoms with Gasteiger partial charge in [-0.15, -0.1) is 0 Å². The van der Waals surface area contributed by atoms with Crippen molar-refractivity contribution < 1.29 is 24.5 Å². The molecule has 0 radical (unpaired) electrons. The maximum Gasteiger partial charge on any atom is 0.407 e. The lowest BCUT2D eigenvalue weighted by Gasteiger charge is -2.28. The second-order valence-electron chi connectivity index (χ2n) is 12.1. The van der Waals surface area contributed by atoms with Crippen LogP contribution in [0, 0.1) is 0 Å². The number of aromatic hydroxyl groups is 1. The predicted octanol–water partition coefficient (Wildman–Crippen LogP) is 6.52. The highest BCUT2D eigenvalue weighted by molar-refractivity contribution is 5.81. The van der Waals surface area contributed by atoms with Crippen LogP contribution >= 0.6 is 0 Å². The molecule has 0 bridgehead atoms. The van der Waals surface area contributed by atoms with E-state index in [0.29, 0.717) is 0 Å². The normalized spacial score (nSPS) is 13.9. The fourth-order valence-electron chi connectivity index (χ4n) is 5.17. The summed E-state index contributed by atoms with van der Waals surface area (Å²) in [7, 11) is 0. The van der Waals surface area contributed by atoms with Gasteiger partial charge in [-0.2, -0.15) is 0 Å². The second kappa shape index (κ2) is 10.2. The maximum atomic E-state index is 12.8. The van der Waals surface area contributed by atoms with Gasteiger partial charge in [0.2, 0.25) is 0 Å². The molecule has 0 spiro atoms. The molecule has 0 aliphatic heterocycles. The number of fused-ring (bicyclic) bond motifs is 3. The SMILES string of the molecule is CC(C)(C)c1cc(CC(NC(=O)OCC2c3ccccc3-c3ccccc32)C(=O)O)cc(C(C)(C)C)c1O. The van der Waals surface area contributed by atoms with E-state index in [4.69, 9.17) is 4.74 Å². The molecule has 0 heterocycles. The van der Waals surface area contributed by atoms with E-state index < -0.39 is 18.1 Å². The Bertz CT molecular complexity index is 1280. The van der Waals surface area contributed by atoms with Crippen LogP contribution in [0.2, 0.25) is 0 Å². The van der Waals surface area contributed by atoms with Gasteiger partial charge in [0, 0.05) is 12.3 Å². The van der Waals surface area contributed by atoms with Gasteiger partial charge in [-0.05, 0) is 49.8 Å². The van der Waals surface area contributed by atoms with Gasteiger partial charge in [0.05, 0.1) is 0 Å². The lowest BCUT2D eigenvalue weighted by atomic mass is 9.78. The number of hydrogen-bond acceptors (Lipinski definition) is 4. The molecule has 1 amide bonds. The summed E-state index contributed by atoms with van der Waals surface area (Å²) in [5, 5.41) is 23.4. The zero-order valence-corrected chi connectivity index (χ0v) is 23.0. The number of carboxylic acids is 1. The molecule has 6 heteroatoms. The number of rotatable bonds is 6. The Labute approximate surface area is 224 Å². The number of alkyl carbamates (subject to hydrolysis) is 1. The van der Waals surface area contributed by atoms with E-state index in [2.05, 4.69) is 17.4 Å². The molecule has 1 atom stereocenters. The van der Waals surface area contributed by atoms with E-state index in [-0.39, 0.29) is 35.5 Å². The van der Waals surface area contributed by atoms with Gasteiger partial charge in [0.1, 0.15) is 18.4 Å². The lowest BCUT2D eigenvalue weighted by Crippen LogP contribution is -2.43. The molecule has 200 valence electrons. The highest BCUT2D eigenvalue weighted by Gasteiger charge is 2.31. The Hall–Kier alpha value is -3.80. The van der Waals surface area contributed by atoms with Crippen LogP contribution in [-0.4, -0.2) is 34.9 Å². The average Bonchev–Trinajstić information content (AvgIpc) is 3.15. The molecule has 3 aromatic rings. The topological polar surface area (TPSA) is 95.9 Å². The minimum atomic E-state index is -1.18. The van der Waals surface area contributed by atoms with Crippen molar-refractivity contribution in [3.8, 4) is 16.9 Å². The van der Waals surface area contributed by atoms with Crippen LogP contribution in [0.3, 0.4) is 0 Å². The van der Waals surface area contributed by atoms with Crippen molar-refractivity contribution in [2.24, 2.45) is 0 Å². The number of hydrogen-bond donors (Lipinski definition) is 3. The third-order valence-corrected chi connectivity index (χ3v) is 7.16. The number of phenolic OH excluding ortho intramolecular Hbond substituents is 1. The number of aliphatic carboxylic acids is 1. The maximum absolute atomic E-state index is 12.8. The second-order valence-corrected chi connectivity index (χ2v) is 12.1. The summed E-state index contributed by atoms with van der Waals surface area (Å²) in [4.78, 5) is 24.9. The van der Waals surface area contributed by atoms with Crippen LogP contribution in [0.5, 0.6) is 5.75 Å². The minimum Gasteiger partial charge on any atom is -0.507 e. The van der Waals surface area contributed by atoms with Crippen LogP contribution in [0.4, 0.5) is 4.79 Å². The smallest absolute Gasteiger partial charge is 0.407 e. The molecule has 6 nitrogen and oxygen atoms in total. The summed E-state index contributed by atoms with van der Waals surface area (Å²) < 4.78 is 5.58. The quantitative estimate of drug-likeness (QED) is 0.347. The molecular formula is C32H37NO5. The zero-order valence-electron chi connectivity index (χ0n) is 23.0. The Morgan fingerprint density at radius 3 is 1.79 bits per heavy atom. The van der Waals surface area contributed by atoms with Gasteiger partial charge in [0.15, 0.2) is 0 Å². The lowest BCUT2D eigenvalue weighted by molar-refractivity contribution is -0.139. The zero-order chi connectivity index (χ0) is 27.8. The number of carbonyl (C=O) groups is 2. The van der Waals surface area contributed by atoms with Crippen LogP contribution in [0.1, 0.15) is 75.3 Å². The summed E-state index contributed by atoms with van der Waals surface area (Å²) in [6, 6.07) is 18.6. The van der Waals surface area contributed by atoms with E-state index in [1.807, 2.05) is 90.1 Å². The number of carboxylic acid groups (broad SMARTS) is 1. The number of nitrogens with one attached hydrogen (secondary N) is 1. The molecule has 1 aliphatic carbocycles. The predicted molar refractivity (Wildman–Crippen MR) is 149 cm³/mol. The van der Waals surface area contributed by atoms with Gasteiger partial charge in [-0.25, -0.2) is 9.59 Å². The molecule has 0 fully saturated rings. The van der Waals surface area contributed by atoms with Crippen molar-refractivity contribution in [1.82, 2.24) is 5.32 Å². The summed E-state index contributed by atoms with van der Waals surface area (Å²) >= 11 is 0. The van der Waals surface area contributed by atoms with Crippen molar-refractivity contribution in [3.05, 3.63) is 88.5 Å². The number of benzene rings is 3. The molecule has 3 aromatic carbocycles. The van der Waals surface area contributed by atoms with E-state index in [1.165, 1.54) is 0 Å². The molecule has 1 unspecified atom stereocenters. The number of amides is 1. The Morgan fingerprint density at radius 1 is 0.868 bits per heavy atom. The Morgan fingerprint density at radius 2 is 1.34 bits per heavy atom. The molecule has 0 saturated heterocycles. The van der Waals surface area contributed by atoms with E-state index >= 15 is 0 Å². The van der Waals surface area contributed by atoms with Gasteiger partial charge >= 0.3 is 12.1 Å². The van der Waals surface area contributed by atoms with E-state index in [1.54, 1.807) is 0 Å². The van der Waals surface area contributed by atoms with Crippen LogP contribution in [0.15, 0.2) is 60.7 Å². The largest absolute Gasteiger partial charge is 0.507 e. The standard InChI is InChI=1S/C32H37NO5/c1-31(2,3)25-15-19(16-26(28(25)34)32(4,5)6)17-27(29(35)36)33-30(37)38-18-24-22-13-9-7-11-20(22)21-12-8-10-14-23(21)24/h7-16,24,27,34H,17-18H2,1-6H3,(H,33,37)(H,35,36). The third-order valence-electron chi connectivity index (χ3n) is 7.16. The van der Waals surface area contributed by atoms with Gasteiger partial charge in [-0.3, -0.25) is 0 Å². The first-order valence-corrected chi connectivity index (χ1v) is 13.0. The molecule has 3 N–H and O–H groups in total. The Balaban J connectivity index is 1.51. The third kappa shape index (κ3) is 5.54. The first kappa shape index (κ1) is 27.2. The van der Waals surface area contributed by atoms with Crippen molar-refractivity contribution >= 4 is 12.1 Å². The molecule has 1 aliphatic rings. The fourth-order valence-corrected chi connectivity index (χ4v) is 5.17. The number of carbonyl (C=O) groups excluding carboxylic acids is 1. The van der Waals surface area contributed by atoms with E-state index in [0.717, 1.165) is 38.9 Å². The van der Waals surface area contributed by atoms with Crippen molar-refractivity contribution in [2.45, 2.75) is 70.8 Å². The summed E-state index contributed by atoms with van der Waals surface area (Å²) in [6.07, 6.45) is -0.712. The molecule has 38 heavy (non-hydrogen) atoms. The monoisotopic (exact) mass is 515 g/mol. The summed E-state index contributed by atoms with van der Waals surface area (Å²) in [6.45, 7) is 12.1. The first-order valence-electron chi connectivity index (χ1n) is 13.0. The molecular weight excluding hydrogens is 478 g/mol. The number of ether oxygens (including phenoxy) is 1. The number of phenols is 1. The average molecular weight is 516 g/mol. The molecule has 0 aromatic heterocycles. The van der Waals surface area contributed by atoms with Crippen LogP contribution in [-0.2, 0) is 26.8 Å². The highest BCUT2D eigenvalue weighted by Crippen LogP contribution is 2.44. The highest BCUT2D eigenvalue weighted by atomic mass is 16.5. The van der Waals surface area contributed by atoms with Gasteiger partial charge < -0.3 is 20.3 Å². The van der Waals surface area contributed by atoms with Crippen molar-refractivity contribution in [3.63, 3.8) is 0 Å².